The summed E-state index contributed by atoms with van der Waals surface area (Å²) in [6.45, 7) is 4.54. The van der Waals surface area contributed by atoms with E-state index >= 15 is 0 Å². The van der Waals surface area contributed by atoms with E-state index in [9.17, 15) is 4.57 Å². The van der Waals surface area contributed by atoms with Gasteiger partial charge in [0.1, 0.15) is 0 Å². The van der Waals surface area contributed by atoms with Gasteiger partial charge in [0.2, 0.25) is 7.60 Å². The van der Waals surface area contributed by atoms with Crippen LogP contribution in [0.2, 0.25) is 0 Å². The third-order valence-corrected chi connectivity index (χ3v) is 7.51. The third kappa shape index (κ3) is 3.46. The minimum absolute atomic E-state index is 0.432. The molecule has 0 aromatic heterocycles. The first-order chi connectivity index (χ1) is 6.73. The van der Waals surface area contributed by atoms with Crippen LogP contribution < -0.4 is 0 Å². The monoisotopic (exact) mass is 255 g/mol. The Morgan fingerprint density at radius 3 is 2.14 bits per heavy atom. The lowest BCUT2D eigenvalue weighted by atomic mass is 10.6. The molecule has 0 aliphatic carbocycles. The standard InChI is InChI=1S/C8H16O3PS2/c1-3-10-12(9,11-4-2)8-13-6-5-7-14-8/h3-7H2,1-2H3/q-1. The van der Waals surface area contributed by atoms with Crippen LogP contribution in [-0.4, -0.2) is 24.7 Å². The Balaban J connectivity index is 2.59. The average Bonchev–Trinajstić information content (AvgIpc) is 2.20. The minimum Gasteiger partial charge on any atom is -0.330 e. The van der Waals surface area contributed by atoms with Crippen molar-refractivity contribution < 1.29 is 13.6 Å². The summed E-state index contributed by atoms with van der Waals surface area (Å²) in [5.74, 6) is 2.04. The van der Waals surface area contributed by atoms with Crippen LogP contribution >= 0.6 is 31.1 Å². The molecule has 3 nitrogen and oxygen atoms in total. The Kier molecular flexibility index (Phi) is 5.94. The summed E-state index contributed by atoms with van der Waals surface area (Å²) in [7, 11) is -2.95. The molecule has 1 heterocycles. The van der Waals surface area contributed by atoms with Crippen LogP contribution in [0, 0.1) is 4.32 Å². The van der Waals surface area contributed by atoms with Crippen molar-refractivity contribution in [1.29, 1.82) is 0 Å². The second-order valence-corrected chi connectivity index (χ2v) is 7.68. The van der Waals surface area contributed by atoms with Crippen molar-refractivity contribution in [3.05, 3.63) is 4.32 Å². The molecule has 0 N–H and O–H groups in total. The van der Waals surface area contributed by atoms with Crippen molar-refractivity contribution in [3.8, 4) is 0 Å². The van der Waals surface area contributed by atoms with Crippen LogP contribution in [0.1, 0.15) is 20.3 Å². The molecule has 0 unspecified atom stereocenters. The van der Waals surface area contributed by atoms with Crippen molar-refractivity contribution in [2.45, 2.75) is 20.3 Å². The molecule has 0 amide bonds. The van der Waals surface area contributed by atoms with E-state index < -0.39 is 7.60 Å². The van der Waals surface area contributed by atoms with Crippen molar-refractivity contribution in [3.63, 3.8) is 0 Å². The van der Waals surface area contributed by atoms with Gasteiger partial charge < -0.3 is 32.6 Å². The molecule has 0 radical (unpaired) electrons. The van der Waals surface area contributed by atoms with Crippen molar-refractivity contribution in [1.82, 2.24) is 0 Å². The molecule has 0 aromatic rings. The Labute approximate surface area is 94.2 Å². The summed E-state index contributed by atoms with van der Waals surface area (Å²) < 4.78 is 23.6. The highest BCUT2D eigenvalue weighted by molar-refractivity contribution is 8.28. The molecular weight excluding hydrogens is 239 g/mol. The van der Waals surface area contributed by atoms with Gasteiger partial charge in [-0.05, 0) is 31.8 Å². The van der Waals surface area contributed by atoms with Crippen LogP contribution in [0.5, 0.6) is 0 Å². The van der Waals surface area contributed by atoms with E-state index in [-0.39, 0.29) is 0 Å². The van der Waals surface area contributed by atoms with Gasteiger partial charge in [0.25, 0.3) is 0 Å². The van der Waals surface area contributed by atoms with Crippen molar-refractivity contribution >= 4 is 31.1 Å². The zero-order valence-electron chi connectivity index (χ0n) is 8.52. The van der Waals surface area contributed by atoms with Crippen LogP contribution in [-0.2, 0) is 13.6 Å². The van der Waals surface area contributed by atoms with Crippen molar-refractivity contribution in [2.24, 2.45) is 0 Å². The lowest BCUT2D eigenvalue weighted by Crippen LogP contribution is -2.05. The first-order valence-electron chi connectivity index (χ1n) is 4.75. The predicted octanol–water partition coefficient (Wildman–Crippen LogP) is 3.57. The summed E-state index contributed by atoms with van der Waals surface area (Å²) in [4.78, 5) is 0. The van der Waals surface area contributed by atoms with Gasteiger partial charge in [0.05, 0.1) is 13.2 Å². The van der Waals surface area contributed by atoms with Crippen LogP contribution in [0.15, 0.2) is 0 Å². The van der Waals surface area contributed by atoms with E-state index in [1.807, 2.05) is 13.8 Å². The molecule has 1 aliphatic rings. The Hall–Kier alpha value is 0.850. The third-order valence-electron chi connectivity index (χ3n) is 1.56. The maximum absolute atomic E-state index is 12.2. The van der Waals surface area contributed by atoms with Crippen LogP contribution in [0.25, 0.3) is 0 Å². The van der Waals surface area contributed by atoms with Gasteiger partial charge in [0, 0.05) is 0 Å². The molecule has 1 saturated heterocycles. The summed E-state index contributed by atoms with van der Waals surface area (Å²) >= 11 is 3.23. The topological polar surface area (TPSA) is 35.5 Å². The molecule has 0 atom stereocenters. The summed E-state index contributed by atoms with van der Waals surface area (Å²) in [6, 6.07) is 0. The highest BCUT2D eigenvalue weighted by atomic mass is 32.2. The molecule has 0 saturated carbocycles. The number of thioether (sulfide) groups is 2. The minimum atomic E-state index is -2.95. The van der Waals surface area contributed by atoms with Crippen LogP contribution in [0.3, 0.4) is 0 Å². The van der Waals surface area contributed by atoms with Gasteiger partial charge in [-0.15, -0.1) is 0 Å². The summed E-state index contributed by atoms with van der Waals surface area (Å²) in [5, 5.41) is 0. The Bertz CT molecular complexity index is 197. The quantitative estimate of drug-likeness (QED) is 0.554. The fraction of sp³-hybridized carbons (Fsp3) is 0.875. The average molecular weight is 255 g/mol. The van der Waals surface area contributed by atoms with E-state index in [1.165, 1.54) is 0 Å². The van der Waals surface area contributed by atoms with Gasteiger partial charge in [0.15, 0.2) is 0 Å². The zero-order chi connectivity index (χ0) is 10.4. The molecule has 1 fully saturated rings. The lowest BCUT2D eigenvalue weighted by molar-refractivity contribution is 0.226. The van der Waals surface area contributed by atoms with Gasteiger partial charge in [-0.25, -0.2) is 0 Å². The summed E-state index contributed by atoms with van der Waals surface area (Å²) in [6.07, 6.45) is 1.16. The highest BCUT2D eigenvalue weighted by Gasteiger charge is 2.24. The highest BCUT2D eigenvalue weighted by Crippen LogP contribution is 2.68. The second kappa shape index (κ2) is 6.44. The van der Waals surface area contributed by atoms with E-state index in [0.29, 0.717) is 13.2 Å². The molecule has 1 aliphatic heterocycles. The largest absolute Gasteiger partial charge is 0.330 e. The first kappa shape index (κ1) is 12.9. The maximum atomic E-state index is 12.2. The zero-order valence-corrected chi connectivity index (χ0v) is 11.1. The molecule has 14 heavy (non-hydrogen) atoms. The van der Waals surface area contributed by atoms with Gasteiger partial charge in [-0.3, -0.25) is 4.57 Å². The fourth-order valence-corrected chi connectivity index (χ4v) is 6.41. The van der Waals surface area contributed by atoms with Gasteiger partial charge >= 0.3 is 0 Å². The molecule has 0 bridgehead atoms. The normalized spacial score (nSPS) is 19.9. The smallest absolute Gasteiger partial charge is 0.209 e. The molecular formula is C8H16O3PS2-. The Morgan fingerprint density at radius 1 is 1.21 bits per heavy atom. The fourth-order valence-electron chi connectivity index (χ4n) is 1.06. The summed E-state index contributed by atoms with van der Waals surface area (Å²) in [5.41, 5.74) is 0. The van der Waals surface area contributed by atoms with E-state index in [0.717, 1.165) is 22.2 Å². The lowest BCUT2D eigenvalue weighted by Gasteiger charge is -2.40. The maximum Gasteiger partial charge on any atom is 0.209 e. The van der Waals surface area contributed by atoms with E-state index in [2.05, 4.69) is 0 Å². The SMILES string of the molecule is CCOP(=O)(OCC)[C-]1SCCCS1. The predicted molar refractivity (Wildman–Crippen MR) is 63.6 cm³/mol. The molecule has 0 spiro atoms. The number of rotatable bonds is 5. The molecule has 0 aromatic carbocycles. The van der Waals surface area contributed by atoms with Crippen molar-refractivity contribution in [2.75, 3.05) is 24.7 Å². The molecule has 6 heteroatoms. The van der Waals surface area contributed by atoms with Crippen LogP contribution in [0.4, 0.5) is 0 Å². The van der Waals surface area contributed by atoms with Gasteiger partial charge in [-0.2, -0.15) is 0 Å². The molecule has 84 valence electrons. The first-order valence-corrected chi connectivity index (χ1v) is 8.26. The van der Waals surface area contributed by atoms with Gasteiger partial charge in [-0.1, -0.05) is 4.32 Å². The number of hydrogen-bond donors (Lipinski definition) is 0. The Morgan fingerprint density at radius 2 is 1.71 bits per heavy atom. The molecule has 1 rings (SSSR count). The number of hydrogen-bond acceptors (Lipinski definition) is 5. The second-order valence-electron chi connectivity index (χ2n) is 2.65. The van der Waals surface area contributed by atoms with E-state index in [4.69, 9.17) is 9.05 Å². The van der Waals surface area contributed by atoms with E-state index in [1.54, 1.807) is 23.5 Å².